The highest BCUT2D eigenvalue weighted by Crippen LogP contribution is 2.33. The van der Waals surface area contributed by atoms with E-state index in [1.54, 1.807) is 43.4 Å². The number of para-hydroxylation sites is 1. The molecule has 0 bridgehead atoms. The summed E-state index contributed by atoms with van der Waals surface area (Å²) in [6.07, 6.45) is 0. The van der Waals surface area contributed by atoms with E-state index in [0.717, 1.165) is 0 Å². The van der Waals surface area contributed by atoms with Crippen molar-refractivity contribution in [3.63, 3.8) is 0 Å². The van der Waals surface area contributed by atoms with Crippen LogP contribution in [-0.2, 0) is 14.8 Å². The number of nitrogens with one attached hydrogen (secondary N) is 1. The minimum atomic E-state index is -3.74. The third-order valence-corrected chi connectivity index (χ3v) is 5.51. The quantitative estimate of drug-likeness (QED) is 0.823. The molecule has 0 spiro atoms. The summed E-state index contributed by atoms with van der Waals surface area (Å²) >= 11 is 6.12. The Bertz CT molecular complexity index is 1020. The lowest BCUT2D eigenvalue weighted by Crippen LogP contribution is -2.35. The van der Waals surface area contributed by atoms with Crippen LogP contribution in [0.15, 0.2) is 51.8 Å². The van der Waals surface area contributed by atoms with Gasteiger partial charge >= 0.3 is 0 Å². The van der Waals surface area contributed by atoms with Crippen LogP contribution in [-0.4, -0.2) is 45.3 Å². The van der Waals surface area contributed by atoms with Gasteiger partial charge in [-0.1, -0.05) is 29.8 Å². The number of halogens is 1. The molecule has 3 rings (SSSR count). The number of hydrogen-bond acceptors (Lipinski definition) is 5. The molecular formula is C18H18ClN3O4S. The summed E-state index contributed by atoms with van der Waals surface area (Å²) in [4.78, 5) is 14.1. The lowest BCUT2D eigenvalue weighted by atomic mass is 10.2. The second-order valence-electron chi connectivity index (χ2n) is 5.84. The smallest absolute Gasteiger partial charge is 0.285 e. The van der Waals surface area contributed by atoms with E-state index in [2.05, 4.69) is 9.71 Å². The third kappa shape index (κ3) is 3.91. The van der Waals surface area contributed by atoms with Crippen molar-refractivity contribution in [3.8, 4) is 5.75 Å². The van der Waals surface area contributed by atoms with Gasteiger partial charge in [0.15, 0.2) is 11.6 Å². The van der Waals surface area contributed by atoms with E-state index >= 15 is 0 Å². The Kier molecular flexibility index (Phi) is 5.38. The van der Waals surface area contributed by atoms with Gasteiger partial charge in [0.1, 0.15) is 4.90 Å². The monoisotopic (exact) mass is 407 g/mol. The number of likely N-dealkylation sites (N-methyl/N-ethyl adjacent to an activating group) is 1. The number of benzene rings is 2. The minimum absolute atomic E-state index is 0.0965. The number of sulfonamides is 1. The number of carbonyl (C=O) groups excluding carboxylic acids is 1. The van der Waals surface area contributed by atoms with Gasteiger partial charge < -0.3 is 15.0 Å². The molecule has 0 saturated heterocycles. The number of ether oxygens (including phenoxy) is 1. The normalized spacial score (nSPS) is 14.3. The first-order chi connectivity index (χ1) is 12.8. The van der Waals surface area contributed by atoms with Crippen molar-refractivity contribution >= 4 is 39.1 Å². The molecule has 0 aromatic heterocycles. The summed E-state index contributed by atoms with van der Waals surface area (Å²) < 4.78 is 33.6. The molecule has 1 aliphatic heterocycles. The molecule has 1 aliphatic rings. The molecule has 142 valence electrons. The summed E-state index contributed by atoms with van der Waals surface area (Å²) in [6.45, 7) is 2.12. The molecule has 0 aliphatic carbocycles. The molecule has 27 heavy (non-hydrogen) atoms. The number of amides is 1. The fourth-order valence-electron chi connectivity index (χ4n) is 2.74. The van der Waals surface area contributed by atoms with Gasteiger partial charge in [0.05, 0.1) is 23.9 Å². The zero-order chi connectivity index (χ0) is 19.6. The van der Waals surface area contributed by atoms with Gasteiger partial charge in [0.2, 0.25) is 5.91 Å². The number of rotatable bonds is 5. The first-order valence-electron chi connectivity index (χ1n) is 8.20. The van der Waals surface area contributed by atoms with Crippen LogP contribution < -0.4 is 10.1 Å². The zero-order valence-electron chi connectivity index (χ0n) is 14.8. The standard InChI is InChI=1S/C18H18ClN3O4S/c1-3-26-17-13(19)8-6-9-14(17)20-16(23)11-22(2)18-12-7-4-5-10-15(12)27(24,25)21-18/h4-10H,3,11H2,1-2H3,(H,20,23). The van der Waals surface area contributed by atoms with Crippen molar-refractivity contribution in [1.82, 2.24) is 4.90 Å². The summed E-state index contributed by atoms with van der Waals surface area (Å²) in [5, 5.41) is 3.13. The molecule has 1 amide bonds. The Morgan fingerprint density at radius 1 is 1.22 bits per heavy atom. The number of nitrogens with zero attached hydrogens (tertiary/aromatic N) is 2. The Morgan fingerprint density at radius 3 is 2.70 bits per heavy atom. The van der Waals surface area contributed by atoms with Gasteiger partial charge in [-0.25, -0.2) is 0 Å². The molecule has 9 heteroatoms. The molecule has 0 radical (unpaired) electrons. The van der Waals surface area contributed by atoms with Crippen molar-refractivity contribution in [2.45, 2.75) is 11.8 Å². The second kappa shape index (κ2) is 7.58. The molecular weight excluding hydrogens is 390 g/mol. The van der Waals surface area contributed by atoms with E-state index in [4.69, 9.17) is 16.3 Å². The van der Waals surface area contributed by atoms with Crippen molar-refractivity contribution in [1.29, 1.82) is 0 Å². The first-order valence-corrected chi connectivity index (χ1v) is 10.0. The van der Waals surface area contributed by atoms with Gasteiger partial charge in [-0.3, -0.25) is 4.79 Å². The van der Waals surface area contributed by atoms with Crippen LogP contribution in [0.1, 0.15) is 12.5 Å². The maximum absolute atomic E-state index is 12.5. The number of fused-ring (bicyclic) bond motifs is 1. The van der Waals surface area contributed by atoms with Gasteiger partial charge in [0.25, 0.3) is 10.0 Å². The van der Waals surface area contributed by atoms with E-state index in [0.29, 0.717) is 28.6 Å². The average Bonchev–Trinajstić information content (AvgIpc) is 2.90. The topological polar surface area (TPSA) is 88.1 Å². The van der Waals surface area contributed by atoms with E-state index in [-0.39, 0.29) is 23.2 Å². The molecule has 1 N–H and O–H groups in total. The Balaban J connectivity index is 1.77. The van der Waals surface area contributed by atoms with E-state index in [1.165, 1.54) is 11.0 Å². The highest BCUT2D eigenvalue weighted by molar-refractivity contribution is 7.90. The summed E-state index contributed by atoms with van der Waals surface area (Å²) in [5.41, 5.74) is 0.926. The van der Waals surface area contributed by atoms with Crippen LogP contribution in [0.2, 0.25) is 5.02 Å². The first kappa shape index (κ1) is 19.2. The lowest BCUT2D eigenvalue weighted by molar-refractivity contribution is -0.116. The summed E-state index contributed by atoms with van der Waals surface area (Å²) in [5.74, 6) is 0.269. The number of anilines is 1. The minimum Gasteiger partial charge on any atom is -0.490 e. The van der Waals surface area contributed by atoms with Crippen molar-refractivity contribution in [2.24, 2.45) is 4.40 Å². The van der Waals surface area contributed by atoms with Gasteiger partial charge in [-0.2, -0.15) is 8.42 Å². The van der Waals surface area contributed by atoms with Crippen LogP contribution in [0, 0.1) is 0 Å². The highest BCUT2D eigenvalue weighted by atomic mass is 35.5. The fourth-order valence-corrected chi connectivity index (χ4v) is 4.22. The molecule has 2 aromatic rings. The number of amidine groups is 1. The highest BCUT2D eigenvalue weighted by Gasteiger charge is 2.31. The predicted octanol–water partition coefficient (Wildman–Crippen LogP) is 2.76. The molecule has 0 unspecified atom stereocenters. The molecule has 7 nitrogen and oxygen atoms in total. The van der Waals surface area contributed by atoms with Crippen molar-refractivity contribution in [3.05, 3.63) is 53.1 Å². The fraction of sp³-hybridized carbons (Fsp3) is 0.222. The molecule has 2 aromatic carbocycles. The number of hydrogen-bond donors (Lipinski definition) is 1. The van der Waals surface area contributed by atoms with Gasteiger partial charge in [-0.05, 0) is 31.2 Å². The van der Waals surface area contributed by atoms with E-state index in [1.807, 2.05) is 6.92 Å². The van der Waals surface area contributed by atoms with Crippen LogP contribution in [0.3, 0.4) is 0 Å². The summed E-state index contributed by atoms with van der Waals surface area (Å²) in [7, 11) is -2.13. The zero-order valence-corrected chi connectivity index (χ0v) is 16.3. The average molecular weight is 408 g/mol. The lowest BCUT2D eigenvalue weighted by Gasteiger charge is -2.19. The maximum Gasteiger partial charge on any atom is 0.285 e. The maximum atomic E-state index is 12.5. The van der Waals surface area contributed by atoms with E-state index in [9.17, 15) is 13.2 Å². The van der Waals surface area contributed by atoms with Crippen LogP contribution in [0.5, 0.6) is 5.75 Å². The van der Waals surface area contributed by atoms with Crippen LogP contribution >= 0.6 is 11.6 Å². The molecule has 0 saturated carbocycles. The molecule has 0 fully saturated rings. The van der Waals surface area contributed by atoms with E-state index < -0.39 is 10.0 Å². The van der Waals surface area contributed by atoms with Crippen LogP contribution in [0.4, 0.5) is 5.69 Å². The Hall–Kier alpha value is -2.58. The Morgan fingerprint density at radius 2 is 1.96 bits per heavy atom. The van der Waals surface area contributed by atoms with Crippen LogP contribution in [0.25, 0.3) is 0 Å². The Labute approximate surface area is 162 Å². The molecule has 1 heterocycles. The van der Waals surface area contributed by atoms with Gasteiger partial charge in [-0.15, -0.1) is 4.40 Å². The van der Waals surface area contributed by atoms with Crippen molar-refractivity contribution in [2.75, 3.05) is 25.5 Å². The third-order valence-electron chi connectivity index (χ3n) is 3.88. The second-order valence-corrected chi connectivity index (χ2v) is 7.82. The largest absolute Gasteiger partial charge is 0.490 e. The summed E-state index contributed by atoms with van der Waals surface area (Å²) in [6, 6.07) is 11.6. The molecule has 0 atom stereocenters. The van der Waals surface area contributed by atoms with Gasteiger partial charge in [0, 0.05) is 12.6 Å². The number of carbonyl (C=O) groups is 1. The predicted molar refractivity (Wildman–Crippen MR) is 104 cm³/mol. The van der Waals surface area contributed by atoms with Crippen molar-refractivity contribution < 1.29 is 17.9 Å². The SMILES string of the molecule is CCOc1c(Cl)cccc1NC(=O)CN(C)C1=NS(=O)(=O)c2ccccc21.